The maximum absolute atomic E-state index is 10.5. The molecule has 4 rings (SSSR count). The van der Waals surface area contributed by atoms with E-state index < -0.39 is 0 Å². The summed E-state index contributed by atoms with van der Waals surface area (Å²) < 4.78 is 5.69. The molecule has 0 bridgehead atoms. The van der Waals surface area contributed by atoms with Crippen LogP contribution in [0, 0.1) is 5.41 Å². The van der Waals surface area contributed by atoms with Gasteiger partial charge in [0.2, 0.25) is 0 Å². The van der Waals surface area contributed by atoms with Gasteiger partial charge in [0.25, 0.3) is 0 Å². The molecule has 3 heterocycles. The van der Waals surface area contributed by atoms with Gasteiger partial charge < -0.3 is 14.7 Å². The van der Waals surface area contributed by atoms with Gasteiger partial charge in [-0.15, -0.1) is 22.7 Å². The van der Waals surface area contributed by atoms with Crippen LogP contribution < -0.4 is 9.64 Å². The molecule has 0 spiro atoms. The first-order valence-corrected chi connectivity index (χ1v) is 10.4. The van der Waals surface area contributed by atoms with E-state index in [-0.39, 0.29) is 18.1 Å². The van der Waals surface area contributed by atoms with Crippen LogP contribution in [0.5, 0.6) is 5.75 Å². The Bertz CT molecular complexity index is 992. The number of thiophene rings is 1. The fourth-order valence-electron chi connectivity index (χ4n) is 2.91. The number of hydrogen-bond acceptors (Lipinski definition) is 6. The molecule has 0 saturated carbocycles. The molecular formula is C20H19N3O2S2. The number of rotatable bonds is 6. The molecule has 0 amide bonds. The molecule has 0 atom stereocenters. The topological polar surface area (TPSA) is 69.4 Å². The van der Waals surface area contributed by atoms with Gasteiger partial charge in [-0.05, 0) is 30.0 Å². The molecule has 1 aromatic carbocycles. The molecule has 0 radical (unpaired) electrons. The molecule has 2 aromatic heterocycles. The Balaban J connectivity index is 1.59. The number of aliphatic hydroxyl groups excluding tert-OH is 1. The van der Waals surface area contributed by atoms with Crippen molar-refractivity contribution < 1.29 is 9.84 Å². The Morgan fingerprint density at radius 3 is 2.93 bits per heavy atom. The highest BCUT2D eigenvalue weighted by molar-refractivity contribution is 7.14. The third kappa shape index (κ3) is 3.48. The van der Waals surface area contributed by atoms with Crippen molar-refractivity contribution in [2.24, 2.45) is 0 Å². The molecule has 5 nitrogen and oxygen atoms in total. The fourth-order valence-corrected chi connectivity index (χ4v) is 4.56. The highest BCUT2D eigenvalue weighted by atomic mass is 32.1. The molecule has 1 aliphatic heterocycles. The van der Waals surface area contributed by atoms with Gasteiger partial charge in [0, 0.05) is 17.1 Å². The maximum atomic E-state index is 10.5. The lowest BCUT2D eigenvalue weighted by Crippen LogP contribution is -2.26. The number of nitrogens with one attached hydrogen (secondary N) is 1. The zero-order chi connectivity index (χ0) is 18.8. The van der Waals surface area contributed by atoms with Crippen molar-refractivity contribution >= 4 is 39.8 Å². The van der Waals surface area contributed by atoms with Crippen LogP contribution in [0.25, 0.3) is 16.1 Å². The minimum absolute atomic E-state index is 0.173. The lowest BCUT2D eigenvalue weighted by molar-refractivity contribution is 0.317. The van der Waals surface area contributed by atoms with Crippen LogP contribution in [-0.4, -0.2) is 29.1 Å². The predicted octanol–water partition coefficient (Wildman–Crippen LogP) is 5.43. The summed E-state index contributed by atoms with van der Waals surface area (Å²) in [4.78, 5) is 7.50. The third-order valence-electron chi connectivity index (χ3n) is 4.20. The lowest BCUT2D eigenvalue weighted by atomic mass is 10.2. The highest BCUT2D eigenvalue weighted by Crippen LogP contribution is 2.35. The monoisotopic (exact) mass is 397 g/mol. The van der Waals surface area contributed by atoms with Gasteiger partial charge >= 0.3 is 0 Å². The van der Waals surface area contributed by atoms with E-state index in [4.69, 9.17) is 10.1 Å². The Morgan fingerprint density at radius 2 is 2.15 bits per heavy atom. The Labute approximate surface area is 165 Å². The van der Waals surface area contributed by atoms with Crippen molar-refractivity contribution in [3.8, 4) is 16.3 Å². The van der Waals surface area contributed by atoms with E-state index in [0.717, 1.165) is 28.4 Å². The highest BCUT2D eigenvalue weighted by Gasteiger charge is 2.31. The van der Waals surface area contributed by atoms with Crippen LogP contribution in [-0.2, 0) is 0 Å². The first-order chi connectivity index (χ1) is 13.2. The molecule has 27 heavy (non-hydrogen) atoms. The maximum Gasteiger partial charge on any atom is 0.139 e. The van der Waals surface area contributed by atoms with Crippen molar-refractivity contribution in [1.29, 1.82) is 5.41 Å². The first-order valence-electron chi connectivity index (χ1n) is 8.68. The Morgan fingerprint density at radius 1 is 1.26 bits per heavy atom. The Hall–Kier alpha value is -2.64. The second kappa shape index (κ2) is 7.54. The summed E-state index contributed by atoms with van der Waals surface area (Å²) in [5.41, 5.74) is 2.21. The summed E-state index contributed by atoms with van der Waals surface area (Å²) in [6.45, 7) is 2.98. The zero-order valence-electron chi connectivity index (χ0n) is 14.8. The molecule has 0 saturated heterocycles. The van der Waals surface area contributed by atoms with Gasteiger partial charge in [0.05, 0.1) is 29.3 Å². The number of ether oxygens (including phenoxy) is 1. The number of aliphatic hydroxyl groups is 1. The summed E-state index contributed by atoms with van der Waals surface area (Å²) >= 11 is 3.08. The Kier molecular flexibility index (Phi) is 4.96. The van der Waals surface area contributed by atoms with Crippen LogP contribution in [0.15, 0.2) is 52.9 Å². The predicted molar refractivity (Wildman–Crippen MR) is 112 cm³/mol. The van der Waals surface area contributed by atoms with Gasteiger partial charge in [-0.1, -0.05) is 19.1 Å². The van der Waals surface area contributed by atoms with Crippen molar-refractivity contribution in [2.45, 2.75) is 13.3 Å². The first kappa shape index (κ1) is 17.8. The summed E-state index contributed by atoms with van der Waals surface area (Å²) in [5.74, 6) is 1.20. The number of nitrogens with zero attached hydrogens (tertiary/aromatic N) is 2. The smallest absolute Gasteiger partial charge is 0.139 e. The molecule has 138 valence electrons. The quantitative estimate of drug-likeness (QED) is 0.582. The number of anilines is 1. The average molecular weight is 398 g/mol. The van der Waals surface area contributed by atoms with E-state index in [9.17, 15) is 5.11 Å². The second-order valence-corrected chi connectivity index (χ2v) is 7.92. The van der Waals surface area contributed by atoms with E-state index in [1.807, 2.05) is 47.2 Å². The minimum atomic E-state index is 0.173. The van der Waals surface area contributed by atoms with E-state index in [1.54, 1.807) is 16.2 Å². The van der Waals surface area contributed by atoms with Gasteiger partial charge in [0.1, 0.15) is 22.4 Å². The van der Waals surface area contributed by atoms with E-state index in [1.165, 1.54) is 11.3 Å². The van der Waals surface area contributed by atoms with E-state index in [0.29, 0.717) is 17.2 Å². The number of hydrogen-bond donors (Lipinski definition) is 2. The lowest BCUT2D eigenvalue weighted by Gasteiger charge is -2.19. The fraction of sp³-hybridized carbons (Fsp3) is 0.200. The number of amidine groups is 1. The zero-order valence-corrected chi connectivity index (χ0v) is 16.4. The SMILES string of the molecule is CCCOc1cccc(N2CC(O)=C(c3nc(-c4cccs4)cs3)C2=N)c1. The molecule has 0 fully saturated rings. The summed E-state index contributed by atoms with van der Waals surface area (Å²) in [5, 5.41) is 23.8. The normalized spacial score (nSPS) is 14.3. The molecule has 0 aliphatic carbocycles. The molecule has 1 aliphatic rings. The number of thiazole rings is 1. The van der Waals surface area contributed by atoms with Gasteiger partial charge in [-0.2, -0.15) is 0 Å². The molecule has 0 unspecified atom stereocenters. The molecule has 7 heteroatoms. The number of benzene rings is 1. The largest absolute Gasteiger partial charge is 0.510 e. The van der Waals surface area contributed by atoms with Crippen LogP contribution in [0.1, 0.15) is 18.4 Å². The van der Waals surface area contributed by atoms with Gasteiger partial charge in [-0.3, -0.25) is 5.41 Å². The second-order valence-electron chi connectivity index (χ2n) is 6.12. The number of aromatic nitrogens is 1. The summed E-state index contributed by atoms with van der Waals surface area (Å²) in [6, 6.07) is 11.6. The average Bonchev–Trinajstić information content (AvgIpc) is 3.40. The van der Waals surface area contributed by atoms with Crippen molar-refractivity contribution in [3.63, 3.8) is 0 Å². The summed E-state index contributed by atoms with van der Waals surface area (Å²) in [7, 11) is 0. The standard InChI is InChI=1S/C20H19N3O2S2/c1-2-8-25-14-6-3-5-13(10-14)23-11-16(24)18(19(23)21)20-22-15(12-27-20)17-7-4-9-26-17/h3-7,9-10,12,21,24H,2,8,11H2,1H3. The van der Waals surface area contributed by atoms with Crippen LogP contribution in [0.3, 0.4) is 0 Å². The van der Waals surface area contributed by atoms with Gasteiger partial charge in [-0.25, -0.2) is 4.98 Å². The molecule has 2 N–H and O–H groups in total. The van der Waals surface area contributed by atoms with Crippen LogP contribution in [0.2, 0.25) is 0 Å². The third-order valence-corrected chi connectivity index (χ3v) is 5.95. The van der Waals surface area contributed by atoms with E-state index in [2.05, 4.69) is 11.9 Å². The van der Waals surface area contributed by atoms with Crippen LogP contribution in [0.4, 0.5) is 5.69 Å². The van der Waals surface area contributed by atoms with Crippen molar-refractivity contribution in [2.75, 3.05) is 18.1 Å². The summed E-state index contributed by atoms with van der Waals surface area (Å²) in [6.07, 6.45) is 0.937. The van der Waals surface area contributed by atoms with E-state index >= 15 is 0 Å². The van der Waals surface area contributed by atoms with Crippen molar-refractivity contribution in [1.82, 2.24) is 4.98 Å². The van der Waals surface area contributed by atoms with Crippen LogP contribution >= 0.6 is 22.7 Å². The van der Waals surface area contributed by atoms with Crippen molar-refractivity contribution in [3.05, 3.63) is 57.9 Å². The molecule has 3 aromatic rings. The minimum Gasteiger partial charge on any atom is -0.510 e. The van der Waals surface area contributed by atoms with Gasteiger partial charge in [0.15, 0.2) is 0 Å². The molecular weight excluding hydrogens is 378 g/mol.